The van der Waals surface area contributed by atoms with E-state index in [4.69, 9.17) is 5.26 Å². The Labute approximate surface area is 103 Å². The Hall–Kier alpha value is -1.61. The summed E-state index contributed by atoms with van der Waals surface area (Å²) >= 11 is 0. The predicted molar refractivity (Wildman–Crippen MR) is 58.5 cm³/mol. The summed E-state index contributed by atoms with van der Waals surface area (Å²) in [6.45, 7) is 0.841. The highest BCUT2D eigenvalue weighted by atomic mass is 19.4. The van der Waals surface area contributed by atoms with Gasteiger partial charge < -0.3 is 5.32 Å². The molecular formula is C12H12F3N3. The molecule has 0 saturated carbocycles. The lowest BCUT2D eigenvalue weighted by Crippen LogP contribution is -2.27. The maximum Gasteiger partial charge on any atom is 0.434 e. The number of piperidine rings is 1. The van der Waals surface area contributed by atoms with Crippen molar-refractivity contribution in [3.05, 3.63) is 29.1 Å². The minimum atomic E-state index is -4.58. The van der Waals surface area contributed by atoms with Crippen LogP contribution in [0.3, 0.4) is 0 Å². The van der Waals surface area contributed by atoms with Crippen LogP contribution in [0.15, 0.2) is 12.3 Å². The molecule has 1 unspecified atom stereocenters. The second-order valence-electron chi connectivity index (χ2n) is 4.28. The number of nitrogens with one attached hydrogen (secondary N) is 1. The van der Waals surface area contributed by atoms with E-state index in [1.165, 1.54) is 12.3 Å². The molecule has 1 aromatic rings. The van der Waals surface area contributed by atoms with Crippen LogP contribution in [0.4, 0.5) is 13.2 Å². The average molecular weight is 255 g/mol. The van der Waals surface area contributed by atoms with E-state index in [1.807, 2.05) is 0 Å². The summed E-state index contributed by atoms with van der Waals surface area (Å²) in [6.07, 6.45) is -0.412. The molecule has 0 radical (unpaired) electrons. The first-order valence-electron chi connectivity index (χ1n) is 5.73. The topological polar surface area (TPSA) is 48.7 Å². The van der Waals surface area contributed by atoms with Crippen molar-refractivity contribution in [3.63, 3.8) is 0 Å². The zero-order chi connectivity index (χ0) is 13.2. The number of aromatic nitrogens is 1. The molecule has 0 aromatic carbocycles. The minimum absolute atomic E-state index is 0.000587. The molecule has 1 aliphatic heterocycles. The summed E-state index contributed by atoms with van der Waals surface area (Å²) in [7, 11) is 0. The van der Waals surface area contributed by atoms with Crippen molar-refractivity contribution in [1.29, 1.82) is 5.26 Å². The van der Waals surface area contributed by atoms with Crippen molar-refractivity contribution in [3.8, 4) is 6.07 Å². The normalized spacial score (nSPS) is 20.4. The maximum absolute atomic E-state index is 12.6. The van der Waals surface area contributed by atoms with Crippen LogP contribution in [0.2, 0.25) is 0 Å². The van der Waals surface area contributed by atoms with E-state index in [0.717, 1.165) is 25.8 Å². The van der Waals surface area contributed by atoms with Crippen LogP contribution in [-0.2, 0) is 6.18 Å². The largest absolute Gasteiger partial charge is 0.434 e. The fraction of sp³-hybridized carbons (Fsp3) is 0.500. The molecule has 1 aliphatic rings. The van der Waals surface area contributed by atoms with E-state index in [-0.39, 0.29) is 6.04 Å². The van der Waals surface area contributed by atoms with Crippen LogP contribution in [0.1, 0.15) is 42.1 Å². The van der Waals surface area contributed by atoms with E-state index in [9.17, 15) is 13.2 Å². The summed E-state index contributed by atoms with van der Waals surface area (Å²) in [5.41, 5.74) is -0.865. The maximum atomic E-state index is 12.6. The van der Waals surface area contributed by atoms with Gasteiger partial charge in [-0.3, -0.25) is 4.98 Å². The second kappa shape index (κ2) is 4.94. The standard InChI is InChI=1S/C12H12F3N3/c13-12(14,15)11-8(6-16)5-9(7-18-11)10-3-1-2-4-17-10/h5,7,10,17H,1-4H2. The van der Waals surface area contributed by atoms with Gasteiger partial charge in [-0.2, -0.15) is 18.4 Å². The first kappa shape index (κ1) is 12.8. The van der Waals surface area contributed by atoms with Gasteiger partial charge in [0.15, 0.2) is 5.69 Å². The Balaban J connectivity index is 2.33. The quantitative estimate of drug-likeness (QED) is 0.839. The smallest absolute Gasteiger partial charge is 0.310 e. The third kappa shape index (κ3) is 2.62. The highest BCUT2D eigenvalue weighted by Crippen LogP contribution is 2.32. The van der Waals surface area contributed by atoms with Gasteiger partial charge >= 0.3 is 6.18 Å². The minimum Gasteiger partial charge on any atom is -0.310 e. The Morgan fingerprint density at radius 2 is 2.17 bits per heavy atom. The fourth-order valence-corrected chi connectivity index (χ4v) is 2.12. The van der Waals surface area contributed by atoms with Crippen LogP contribution in [0, 0.1) is 11.3 Å². The van der Waals surface area contributed by atoms with E-state index < -0.39 is 17.4 Å². The molecule has 6 heteroatoms. The van der Waals surface area contributed by atoms with Gasteiger partial charge in [0.05, 0.1) is 5.56 Å². The molecule has 2 heterocycles. The van der Waals surface area contributed by atoms with Crippen molar-refractivity contribution in [2.24, 2.45) is 0 Å². The number of nitriles is 1. The monoisotopic (exact) mass is 255 g/mol. The molecule has 1 atom stereocenters. The lowest BCUT2D eigenvalue weighted by Gasteiger charge is -2.24. The molecule has 0 spiro atoms. The Morgan fingerprint density at radius 1 is 1.39 bits per heavy atom. The molecular weight excluding hydrogens is 243 g/mol. The van der Waals surface area contributed by atoms with Crippen LogP contribution in [0.5, 0.6) is 0 Å². The summed E-state index contributed by atoms with van der Waals surface area (Å²) in [4.78, 5) is 3.41. The van der Waals surface area contributed by atoms with Gasteiger partial charge in [0.25, 0.3) is 0 Å². The third-order valence-corrected chi connectivity index (χ3v) is 3.01. The number of hydrogen-bond acceptors (Lipinski definition) is 3. The van der Waals surface area contributed by atoms with Gasteiger partial charge in [-0.25, -0.2) is 0 Å². The van der Waals surface area contributed by atoms with Crippen molar-refractivity contribution in [1.82, 2.24) is 10.3 Å². The average Bonchev–Trinajstić information content (AvgIpc) is 2.38. The van der Waals surface area contributed by atoms with Gasteiger partial charge in [-0.15, -0.1) is 0 Å². The zero-order valence-electron chi connectivity index (χ0n) is 9.59. The number of rotatable bonds is 1. The molecule has 0 aliphatic carbocycles. The predicted octanol–water partition coefficient (Wildman–Crippen LogP) is 2.79. The molecule has 1 N–H and O–H groups in total. The van der Waals surface area contributed by atoms with Gasteiger partial charge in [-0.05, 0) is 31.0 Å². The number of hydrogen-bond donors (Lipinski definition) is 1. The van der Waals surface area contributed by atoms with Crippen molar-refractivity contribution in [2.75, 3.05) is 6.54 Å². The molecule has 0 bridgehead atoms. The molecule has 18 heavy (non-hydrogen) atoms. The third-order valence-electron chi connectivity index (χ3n) is 3.01. The SMILES string of the molecule is N#Cc1cc(C2CCCCN2)cnc1C(F)(F)F. The first-order valence-corrected chi connectivity index (χ1v) is 5.73. The van der Waals surface area contributed by atoms with E-state index in [2.05, 4.69) is 10.3 Å². The molecule has 1 fully saturated rings. The van der Waals surface area contributed by atoms with Crippen LogP contribution in [0.25, 0.3) is 0 Å². The number of nitrogens with zero attached hydrogens (tertiary/aromatic N) is 2. The van der Waals surface area contributed by atoms with Crippen LogP contribution < -0.4 is 5.32 Å². The lowest BCUT2D eigenvalue weighted by molar-refractivity contribution is -0.141. The Morgan fingerprint density at radius 3 is 2.72 bits per heavy atom. The summed E-state index contributed by atoms with van der Waals surface area (Å²) < 4.78 is 37.7. The Bertz CT molecular complexity index is 470. The van der Waals surface area contributed by atoms with Crippen LogP contribution >= 0.6 is 0 Å². The summed E-state index contributed by atoms with van der Waals surface area (Å²) in [5, 5.41) is 12.0. The first-order chi connectivity index (χ1) is 8.52. The van der Waals surface area contributed by atoms with Crippen LogP contribution in [-0.4, -0.2) is 11.5 Å². The van der Waals surface area contributed by atoms with Gasteiger partial charge in [0.1, 0.15) is 6.07 Å². The number of halogens is 3. The summed E-state index contributed by atoms with van der Waals surface area (Å²) in [5.74, 6) is 0. The van der Waals surface area contributed by atoms with Crippen molar-refractivity contribution < 1.29 is 13.2 Å². The zero-order valence-corrected chi connectivity index (χ0v) is 9.59. The fourth-order valence-electron chi connectivity index (χ4n) is 2.12. The van der Waals surface area contributed by atoms with Gasteiger partial charge in [0, 0.05) is 12.2 Å². The number of alkyl halides is 3. The lowest BCUT2D eigenvalue weighted by atomic mass is 9.97. The van der Waals surface area contributed by atoms with Gasteiger partial charge in [0.2, 0.25) is 0 Å². The van der Waals surface area contributed by atoms with Crippen molar-refractivity contribution >= 4 is 0 Å². The number of pyridine rings is 1. The molecule has 96 valence electrons. The molecule has 1 saturated heterocycles. The summed E-state index contributed by atoms with van der Waals surface area (Å²) in [6, 6.07) is 2.86. The van der Waals surface area contributed by atoms with E-state index >= 15 is 0 Å². The molecule has 1 aromatic heterocycles. The van der Waals surface area contributed by atoms with E-state index in [1.54, 1.807) is 6.07 Å². The second-order valence-corrected chi connectivity index (χ2v) is 4.28. The Kier molecular flexibility index (Phi) is 3.53. The highest BCUT2D eigenvalue weighted by molar-refractivity contribution is 5.38. The van der Waals surface area contributed by atoms with E-state index in [0.29, 0.717) is 5.56 Å². The molecule has 0 amide bonds. The molecule has 2 rings (SSSR count). The van der Waals surface area contributed by atoms with Crippen molar-refractivity contribution in [2.45, 2.75) is 31.5 Å². The highest BCUT2D eigenvalue weighted by Gasteiger charge is 2.36. The molecule has 3 nitrogen and oxygen atoms in total. The van der Waals surface area contributed by atoms with Gasteiger partial charge in [-0.1, -0.05) is 6.42 Å².